The lowest BCUT2D eigenvalue weighted by Gasteiger charge is -2.15. The van der Waals surface area contributed by atoms with E-state index in [-0.39, 0.29) is 17.5 Å². The number of rotatable bonds is 4. The number of aliphatic hydroxyl groups is 1. The summed E-state index contributed by atoms with van der Waals surface area (Å²) < 4.78 is 5.28. The Morgan fingerprint density at radius 2 is 2.15 bits per heavy atom. The summed E-state index contributed by atoms with van der Waals surface area (Å²) in [5.74, 6) is 0.0888. The van der Waals surface area contributed by atoms with Gasteiger partial charge in [-0.2, -0.15) is 0 Å². The highest BCUT2D eigenvalue weighted by atomic mass is 16.6. The zero-order chi connectivity index (χ0) is 19.1. The Hall–Kier alpha value is -3.13. The van der Waals surface area contributed by atoms with Gasteiger partial charge in [0.05, 0.1) is 29.4 Å². The fourth-order valence-electron chi connectivity index (χ4n) is 4.04. The van der Waals surface area contributed by atoms with E-state index in [1.54, 1.807) is 24.4 Å². The molecule has 0 radical (unpaired) electrons. The van der Waals surface area contributed by atoms with Gasteiger partial charge in [-0.05, 0) is 43.4 Å². The van der Waals surface area contributed by atoms with Gasteiger partial charge in [-0.15, -0.1) is 0 Å². The molecule has 140 valence electrons. The van der Waals surface area contributed by atoms with E-state index in [0.29, 0.717) is 53.1 Å². The summed E-state index contributed by atoms with van der Waals surface area (Å²) in [4.78, 5) is 26.9. The van der Waals surface area contributed by atoms with Crippen LogP contribution in [0.5, 0.6) is 5.75 Å². The van der Waals surface area contributed by atoms with E-state index in [1.165, 1.54) is 13.2 Å². The number of nitrogens with zero attached hydrogens (tertiary/aromatic N) is 1. The maximum absolute atomic E-state index is 12.6. The molecule has 27 heavy (non-hydrogen) atoms. The first-order valence-electron chi connectivity index (χ1n) is 8.73. The Kier molecular flexibility index (Phi) is 4.19. The maximum Gasteiger partial charge on any atom is 0.273 e. The minimum absolute atomic E-state index is 0.0197. The smallest absolute Gasteiger partial charge is 0.273 e. The molecule has 1 aromatic heterocycles. The number of nitro groups is 1. The van der Waals surface area contributed by atoms with Crippen LogP contribution in [0, 0.1) is 10.1 Å². The van der Waals surface area contributed by atoms with Crippen molar-refractivity contribution in [3.05, 3.63) is 51.3 Å². The molecule has 3 N–H and O–H groups in total. The number of anilines is 1. The Labute approximate surface area is 155 Å². The predicted octanol–water partition coefficient (Wildman–Crippen LogP) is 3.05. The average Bonchev–Trinajstić information content (AvgIpc) is 3.34. The van der Waals surface area contributed by atoms with Crippen molar-refractivity contribution >= 4 is 28.9 Å². The van der Waals surface area contributed by atoms with Gasteiger partial charge in [0.1, 0.15) is 5.75 Å². The zero-order valence-corrected chi connectivity index (χ0v) is 14.7. The van der Waals surface area contributed by atoms with Crippen molar-refractivity contribution in [3.8, 4) is 5.75 Å². The molecule has 2 heterocycles. The minimum atomic E-state index is -0.480. The van der Waals surface area contributed by atoms with Crippen molar-refractivity contribution in [1.82, 2.24) is 4.98 Å². The van der Waals surface area contributed by atoms with Gasteiger partial charge in [-0.25, -0.2) is 0 Å². The molecule has 1 fully saturated rings. The molecule has 1 amide bonds. The summed E-state index contributed by atoms with van der Waals surface area (Å²) in [5.41, 5.74) is 2.56. The van der Waals surface area contributed by atoms with Crippen LogP contribution in [-0.4, -0.2) is 34.1 Å². The molecule has 2 aromatic rings. The van der Waals surface area contributed by atoms with Crippen molar-refractivity contribution in [2.75, 3.05) is 12.4 Å². The number of hydrogen-bond acceptors (Lipinski definition) is 5. The molecular formula is C19H19N3O5. The highest BCUT2D eigenvalue weighted by molar-refractivity contribution is 6.35. The predicted molar refractivity (Wildman–Crippen MR) is 99.5 cm³/mol. The highest BCUT2D eigenvalue weighted by Crippen LogP contribution is 2.48. The third kappa shape index (κ3) is 2.87. The molecular weight excluding hydrogens is 350 g/mol. The lowest BCUT2D eigenvalue weighted by atomic mass is 9.87. The van der Waals surface area contributed by atoms with Gasteiger partial charge in [-0.1, -0.05) is 0 Å². The van der Waals surface area contributed by atoms with Crippen LogP contribution < -0.4 is 10.1 Å². The van der Waals surface area contributed by atoms with E-state index in [9.17, 15) is 20.0 Å². The van der Waals surface area contributed by atoms with Gasteiger partial charge < -0.3 is 20.1 Å². The number of fused-ring (bicyclic) bond motifs is 1. The van der Waals surface area contributed by atoms with E-state index in [2.05, 4.69) is 10.3 Å². The number of ether oxygens (including phenoxy) is 1. The number of carbonyl (C=O) groups excluding carboxylic acids is 1. The summed E-state index contributed by atoms with van der Waals surface area (Å²) in [6.45, 7) is 0. The third-order valence-electron chi connectivity index (χ3n) is 5.24. The van der Waals surface area contributed by atoms with E-state index in [4.69, 9.17) is 4.74 Å². The fourth-order valence-corrected chi connectivity index (χ4v) is 4.04. The van der Waals surface area contributed by atoms with Crippen LogP contribution >= 0.6 is 0 Å². The van der Waals surface area contributed by atoms with Crippen LogP contribution in [0.15, 0.2) is 24.4 Å². The second kappa shape index (κ2) is 6.55. The van der Waals surface area contributed by atoms with Crippen LogP contribution in [0.4, 0.5) is 11.4 Å². The Bertz CT molecular complexity index is 962. The summed E-state index contributed by atoms with van der Waals surface area (Å²) in [7, 11) is 1.53. The molecule has 2 atom stereocenters. The van der Waals surface area contributed by atoms with Crippen molar-refractivity contribution < 1.29 is 19.6 Å². The number of nitro benzene ring substituents is 1. The molecule has 1 aliphatic carbocycles. The molecule has 1 aromatic carbocycles. The van der Waals surface area contributed by atoms with Crippen LogP contribution in [0.2, 0.25) is 0 Å². The number of carbonyl (C=O) groups is 1. The number of methoxy groups -OCH3 is 1. The summed E-state index contributed by atoms with van der Waals surface area (Å²) in [5, 5.41) is 24.4. The number of aromatic nitrogens is 1. The van der Waals surface area contributed by atoms with Gasteiger partial charge in [0.15, 0.2) is 0 Å². The van der Waals surface area contributed by atoms with Crippen LogP contribution in [0.3, 0.4) is 0 Å². The lowest BCUT2D eigenvalue weighted by Crippen LogP contribution is -2.06. The Balaban J connectivity index is 1.92. The summed E-state index contributed by atoms with van der Waals surface area (Å²) in [6.07, 6.45) is 4.55. The average molecular weight is 369 g/mol. The van der Waals surface area contributed by atoms with Crippen molar-refractivity contribution in [2.24, 2.45) is 0 Å². The van der Waals surface area contributed by atoms with Crippen LogP contribution in [0.25, 0.3) is 11.6 Å². The SMILES string of the molecule is COc1cc[nH]c1/C=C1\C(=O)Nc2ccc([N+](=O)[O-])c(C3CC[C@H](O)C3)c21. The van der Waals surface area contributed by atoms with Crippen molar-refractivity contribution in [1.29, 1.82) is 0 Å². The van der Waals surface area contributed by atoms with Gasteiger partial charge in [0.25, 0.3) is 11.6 Å². The van der Waals surface area contributed by atoms with Gasteiger partial charge in [0, 0.05) is 29.1 Å². The number of benzene rings is 1. The Morgan fingerprint density at radius 1 is 1.33 bits per heavy atom. The summed E-state index contributed by atoms with van der Waals surface area (Å²) in [6, 6.07) is 4.73. The lowest BCUT2D eigenvalue weighted by molar-refractivity contribution is -0.385. The highest BCUT2D eigenvalue weighted by Gasteiger charge is 2.38. The topological polar surface area (TPSA) is 117 Å². The van der Waals surface area contributed by atoms with Gasteiger partial charge in [-0.3, -0.25) is 14.9 Å². The molecule has 0 spiro atoms. The van der Waals surface area contributed by atoms with E-state index >= 15 is 0 Å². The number of nitrogens with one attached hydrogen (secondary N) is 2. The van der Waals surface area contributed by atoms with E-state index in [1.807, 2.05) is 0 Å². The number of H-pyrrole nitrogens is 1. The maximum atomic E-state index is 12.6. The van der Waals surface area contributed by atoms with Gasteiger partial charge in [0.2, 0.25) is 0 Å². The van der Waals surface area contributed by atoms with Gasteiger partial charge >= 0.3 is 0 Å². The normalized spacial score (nSPS) is 22.7. The third-order valence-corrected chi connectivity index (χ3v) is 5.24. The molecule has 8 nitrogen and oxygen atoms in total. The second-order valence-corrected chi connectivity index (χ2v) is 6.81. The molecule has 0 bridgehead atoms. The molecule has 8 heteroatoms. The summed E-state index contributed by atoms with van der Waals surface area (Å²) >= 11 is 0. The molecule has 1 saturated carbocycles. The monoisotopic (exact) mass is 369 g/mol. The molecule has 1 unspecified atom stereocenters. The largest absolute Gasteiger partial charge is 0.495 e. The molecule has 0 saturated heterocycles. The fraction of sp³-hybridized carbons (Fsp3) is 0.316. The van der Waals surface area contributed by atoms with E-state index in [0.717, 1.165) is 0 Å². The van der Waals surface area contributed by atoms with Crippen molar-refractivity contribution in [3.63, 3.8) is 0 Å². The first-order chi connectivity index (χ1) is 13.0. The zero-order valence-electron chi connectivity index (χ0n) is 14.7. The molecule has 1 aliphatic heterocycles. The second-order valence-electron chi connectivity index (χ2n) is 6.81. The first kappa shape index (κ1) is 17.3. The first-order valence-corrected chi connectivity index (χ1v) is 8.73. The number of amides is 1. The van der Waals surface area contributed by atoms with E-state index < -0.39 is 11.0 Å². The molecule has 4 rings (SSSR count). The minimum Gasteiger partial charge on any atom is -0.495 e. The number of hydrogen-bond donors (Lipinski definition) is 3. The standard InChI is InChI=1S/C19H19N3O5/c1-27-16-6-7-20-14(16)9-12-18-13(21-19(12)24)4-5-15(22(25)26)17(18)10-2-3-11(23)8-10/h4-7,9-11,20,23H,2-3,8H2,1H3,(H,21,24)/b12-9-/t10?,11-/m0/s1. The number of aromatic amines is 1. The quantitative estimate of drug-likeness (QED) is 0.435. The van der Waals surface area contributed by atoms with Crippen LogP contribution in [-0.2, 0) is 4.79 Å². The molecule has 2 aliphatic rings. The Morgan fingerprint density at radius 3 is 2.81 bits per heavy atom. The van der Waals surface area contributed by atoms with Crippen LogP contribution in [0.1, 0.15) is 42.0 Å². The van der Waals surface area contributed by atoms with Crippen molar-refractivity contribution in [2.45, 2.75) is 31.3 Å². The number of aliphatic hydroxyl groups excluding tert-OH is 1.